The monoisotopic (exact) mass is 353 g/mol. The number of nitrogens with zero attached hydrogens (tertiary/aromatic N) is 5. The summed E-state index contributed by atoms with van der Waals surface area (Å²) in [5.41, 5.74) is 2.06. The zero-order chi connectivity index (χ0) is 17.4. The van der Waals surface area contributed by atoms with Gasteiger partial charge >= 0.3 is 0 Å². The van der Waals surface area contributed by atoms with E-state index in [9.17, 15) is 0 Å². The van der Waals surface area contributed by atoms with Crippen LogP contribution in [0.4, 0.5) is 5.82 Å². The highest BCUT2D eigenvalue weighted by atomic mass is 32.2. The Balaban J connectivity index is 1.47. The fourth-order valence-corrected chi connectivity index (χ4v) is 4.05. The molecule has 0 atom stereocenters. The van der Waals surface area contributed by atoms with E-state index in [4.69, 9.17) is 5.10 Å². The molecule has 0 radical (unpaired) electrons. The van der Waals surface area contributed by atoms with E-state index >= 15 is 0 Å². The van der Waals surface area contributed by atoms with E-state index < -0.39 is 0 Å². The van der Waals surface area contributed by atoms with E-state index in [1.54, 1.807) is 0 Å². The van der Waals surface area contributed by atoms with Gasteiger partial charge in [0.1, 0.15) is 5.82 Å². The molecule has 0 amide bonds. The standard InChI is InChI=1S/C19H23N5S/c1-14(2)22(3)25-17-12-23(13-17)19-9-18-15(10-20-19)11-24(21-18)16-7-5-4-6-8-16/h4-11,14,17H,12-13H2,1-3H3. The predicted molar refractivity (Wildman–Crippen MR) is 105 cm³/mol. The number of para-hydroxylation sites is 1. The molecule has 6 heteroatoms. The van der Waals surface area contributed by atoms with Crippen LogP contribution in [0.3, 0.4) is 0 Å². The summed E-state index contributed by atoms with van der Waals surface area (Å²) >= 11 is 1.94. The quantitative estimate of drug-likeness (QED) is 0.655. The summed E-state index contributed by atoms with van der Waals surface area (Å²) in [6, 6.07) is 12.8. The van der Waals surface area contributed by atoms with Crippen molar-refractivity contribution in [2.24, 2.45) is 0 Å². The highest BCUT2D eigenvalue weighted by Crippen LogP contribution is 2.30. The van der Waals surface area contributed by atoms with Gasteiger partial charge in [0.15, 0.2) is 0 Å². The van der Waals surface area contributed by atoms with Gasteiger partial charge in [0.2, 0.25) is 0 Å². The van der Waals surface area contributed by atoms with Crippen LogP contribution in [0.5, 0.6) is 0 Å². The molecule has 3 heterocycles. The third kappa shape index (κ3) is 3.37. The summed E-state index contributed by atoms with van der Waals surface area (Å²) in [5, 5.41) is 6.42. The van der Waals surface area contributed by atoms with E-state index in [0.29, 0.717) is 11.3 Å². The molecule has 1 saturated heterocycles. The highest BCUT2D eigenvalue weighted by molar-refractivity contribution is 7.97. The lowest BCUT2D eigenvalue weighted by Crippen LogP contribution is -2.51. The molecule has 1 aliphatic rings. The first-order chi connectivity index (χ1) is 12.1. The Morgan fingerprint density at radius 2 is 1.96 bits per heavy atom. The molecule has 1 aliphatic heterocycles. The molecule has 0 bridgehead atoms. The summed E-state index contributed by atoms with van der Waals surface area (Å²) in [7, 11) is 2.17. The molecule has 0 saturated carbocycles. The molecule has 1 aromatic carbocycles. The molecule has 0 unspecified atom stereocenters. The number of pyridine rings is 1. The van der Waals surface area contributed by atoms with Crippen LogP contribution < -0.4 is 4.90 Å². The van der Waals surface area contributed by atoms with E-state index in [1.807, 2.05) is 47.2 Å². The zero-order valence-electron chi connectivity index (χ0n) is 14.8. The molecule has 0 aliphatic carbocycles. The summed E-state index contributed by atoms with van der Waals surface area (Å²) in [6.07, 6.45) is 3.96. The van der Waals surface area contributed by atoms with Crippen LogP contribution in [-0.2, 0) is 0 Å². The molecule has 3 aromatic rings. The van der Waals surface area contributed by atoms with Crippen LogP contribution in [0.2, 0.25) is 0 Å². The molecule has 0 N–H and O–H groups in total. The van der Waals surface area contributed by atoms with Gasteiger partial charge in [-0.15, -0.1) is 0 Å². The van der Waals surface area contributed by atoms with Gasteiger partial charge < -0.3 is 4.90 Å². The molecule has 0 spiro atoms. The Morgan fingerprint density at radius 1 is 1.20 bits per heavy atom. The lowest BCUT2D eigenvalue weighted by atomic mass is 10.2. The number of benzene rings is 1. The average Bonchev–Trinajstić information content (AvgIpc) is 3.01. The number of aromatic nitrogens is 3. The fourth-order valence-electron chi connectivity index (χ4n) is 2.84. The van der Waals surface area contributed by atoms with Crippen LogP contribution in [0.25, 0.3) is 16.6 Å². The molecule has 2 aromatic heterocycles. The van der Waals surface area contributed by atoms with E-state index in [0.717, 1.165) is 35.5 Å². The van der Waals surface area contributed by atoms with E-state index in [-0.39, 0.29) is 0 Å². The van der Waals surface area contributed by atoms with Crippen molar-refractivity contribution in [1.29, 1.82) is 0 Å². The second-order valence-electron chi connectivity index (χ2n) is 6.78. The Labute approximate surface area is 152 Å². The van der Waals surface area contributed by atoms with Gasteiger partial charge in [0.05, 0.1) is 16.5 Å². The largest absolute Gasteiger partial charge is 0.354 e. The van der Waals surface area contributed by atoms with Crippen molar-refractivity contribution >= 4 is 28.7 Å². The van der Waals surface area contributed by atoms with Crippen molar-refractivity contribution in [3.05, 3.63) is 48.8 Å². The summed E-state index contributed by atoms with van der Waals surface area (Å²) in [6.45, 7) is 6.53. The number of hydrogen-bond donors (Lipinski definition) is 0. The SMILES string of the molecule is CC(C)N(C)SC1CN(c2cc3nn(-c4ccccc4)cc3cn2)C1. The normalized spacial score (nSPS) is 15.3. The van der Waals surface area contributed by atoms with Crippen molar-refractivity contribution in [1.82, 2.24) is 19.1 Å². The van der Waals surface area contributed by atoms with Gasteiger partial charge in [-0.1, -0.05) is 30.1 Å². The highest BCUT2D eigenvalue weighted by Gasteiger charge is 2.30. The maximum absolute atomic E-state index is 4.71. The maximum Gasteiger partial charge on any atom is 0.130 e. The fraction of sp³-hybridized carbons (Fsp3) is 0.368. The molecule has 5 nitrogen and oxygen atoms in total. The van der Waals surface area contributed by atoms with Crippen LogP contribution in [-0.4, -0.2) is 50.5 Å². The van der Waals surface area contributed by atoms with Gasteiger partial charge in [-0.25, -0.2) is 9.67 Å². The minimum absolute atomic E-state index is 0.565. The van der Waals surface area contributed by atoms with Gasteiger partial charge in [-0.05, 0) is 33.0 Å². The average molecular weight is 353 g/mol. The van der Waals surface area contributed by atoms with Crippen molar-refractivity contribution in [3.8, 4) is 5.69 Å². The van der Waals surface area contributed by atoms with Gasteiger partial charge in [-0.2, -0.15) is 5.10 Å². The molecule has 130 valence electrons. The lowest BCUT2D eigenvalue weighted by molar-refractivity contribution is 0.459. The molecule has 1 fully saturated rings. The lowest BCUT2D eigenvalue weighted by Gasteiger charge is -2.41. The van der Waals surface area contributed by atoms with Gasteiger partial charge in [0.25, 0.3) is 0 Å². The molecule has 4 rings (SSSR count). The number of fused-ring (bicyclic) bond motifs is 1. The summed E-state index contributed by atoms with van der Waals surface area (Å²) < 4.78 is 4.25. The van der Waals surface area contributed by atoms with Crippen LogP contribution in [0, 0.1) is 0 Å². The summed E-state index contributed by atoms with van der Waals surface area (Å²) in [5.74, 6) is 1.02. The third-order valence-electron chi connectivity index (χ3n) is 4.61. The van der Waals surface area contributed by atoms with E-state index in [1.165, 1.54) is 0 Å². The first-order valence-corrected chi connectivity index (χ1v) is 9.49. The van der Waals surface area contributed by atoms with Crippen LogP contribution >= 0.6 is 11.9 Å². The Kier molecular flexibility index (Phi) is 4.39. The first kappa shape index (κ1) is 16.4. The van der Waals surface area contributed by atoms with Crippen LogP contribution in [0.1, 0.15) is 13.8 Å². The Bertz CT molecular complexity index is 855. The first-order valence-electron chi connectivity index (χ1n) is 8.65. The Hall–Kier alpha value is -2.05. The number of hydrogen-bond acceptors (Lipinski definition) is 5. The number of rotatable bonds is 5. The van der Waals surface area contributed by atoms with Crippen LogP contribution in [0.15, 0.2) is 48.8 Å². The van der Waals surface area contributed by atoms with E-state index in [2.05, 4.69) is 53.3 Å². The minimum Gasteiger partial charge on any atom is -0.354 e. The second kappa shape index (κ2) is 6.69. The second-order valence-corrected chi connectivity index (χ2v) is 8.24. The zero-order valence-corrected chi connectivity index (χ0v) is 15.6. The van der Waals surface area contributed by atoms with Crippen molar-refractivity contribution in [2.75, 3.05) is 25.0 Å². The van der Waals surface area contributed by atoms with Gasteiger partial charge in [0, 0.05) is 43.0 Å². The molecular weight excluding hydrogens is 330 g/mol. The van der Waals surface area contributed by atoms with Crippen molar-refractivity contribution < 1.29 is 0 Å². The summed E-state index contributed by atoms with van der Waals surface area (Å²) in [4.78, 5) is 6.96. The number of anilines is 1. The van der Waals surface area contributed by atoms with Crippen molar-refractivity contribution in [3.63, 3.8) is 0 Å². The molecular formula is C19H23N5S. The predicted octanol–water partition coefficient (Wildman–Crippen LogP) is 3.60. The Morgan fingerprint density at radius 3 is 2.68 bits per heavy atom. The minimum atomic E-state index is 0.565. The van der Waals surface area contributed by atoms with Gasteiger partial charge in [-0.3, -0.25) is 4.31 Å². The van der Waals surface area contributed by atoms with Crippen molar-refractivity contribution in [2.45, 2.75) is 25.1 Å². The maximum atomic E-state index is 4.71. The topological polar surface area (TPSA) is 37.2 Å². The smallest absolute Gasteiger partial charge is 0.130 e. The molecule has 25 heavy (non-hydrogen) atoms. The third-order valence-corrected chi connectivity index (χ3v) is 5.96.